The molecular weight excluding hydrogens is 336 g/mol. The van der Waals surface area contributed by atoms with Gasteiger partial charge in [-0.15, -0.1) is 0 Å². The van der Waals surface area contributed by atoms with Crippen molar-refractivity contribution in [3.63, 3.8) is 0 Å². The molecule has 144 valence electrons. The van der Waals surface area contributed by atoms with Crippen LogP contribution in [-0.2, 0) is 0 Å². The molecule has 27 heavy (non-hydrogen) atoms. The molecule has 2 aromatic rings. The summed E-state index contributed by atoms with van der Waals surface area (Å²) in [5.74, 6) is 1.07. The van der Waals surface area contributed by atoms with Gasteiger partial charge >= 0.3 is 0 Å². The van der Waals surface area contributed by atoms with Crippen molar-refractivity contribution in [2.45, 2.75) is 65.3 Å². The Labute approximate surface area is 162 Å². The fourth-order valence-corrected chi connectivity index (χ4v) is 3.81. The van der Waals surface area contributed by atoms with Crippen molar-refractivity contribution >= 4 is 17.4 Å². The predicted molar refractivity (Wildman–Crippen MR) is 110 cm³/mol. The largest absolute Gasteiger partial charge is 0.338 e. The van der Waals surface area contributed by atoms with E-state index in [1.54, 1.807) is 12.4 Å². The van der Waals surface area contributed by atoms with Gasteiger partial charge in [-0.2, -0.15) is 0 Å². The van der Waals surface area contributed by atoms with E-state index < -0.39 is 0 Å². The first kappa shape index (κ1) is 19.3. The minimum atomic E-state index is -0.000592. The molecule has 1 aliphatic heterocycles. The molecule has 1 aliphatic rings. The minimum Gasteiger partial charge on any atom is -0.338 e. The van der Waals surface area contributed by atoms with Crippen molar-refractivity contribution in [1.29, 1.82) is 0 Å². The van der Waals surface area contributed by atoms with Crippen molar-refractivity contribution in [3.05, 3.63) is 47.4 Å². The standard InChI is InChI=1S/C22H30N4O/c1-5-17-10-6-7-12-26(17)22(27)19-13-24-20(14-23-19)25-21-16(4)9-8-11-18(21)15(2)3/h8-9,11,13-15,17H,5-7,10,12H2,1-4H3,(H,24,25). The SMILES string of the molecule is CCC1CCCCN1C(=O)c1cnc(Nc2c(C)cccc2C(C)C)cn1. The second-order valence-corrected chi connectivity index (χ2v) is 7.66. The third-order valence-electron chi connectivity index (χ3n) is 5.41. The molecule has 1 atom stereocenters. The fourth-order valence-electron chi connectivity index (χ4n) is 3.81. The molecule has 1 amide bonds. The van der Waals surface area contributed by atoms with Gasteiger partial charge in [-0.1, -0.05) is 39.0 Å². The highest BCUT2D eigenvalue weighted by Crippen LogP contribution is 2.29. The Kier molecular flexibility index (Phi) is 6.09. The first-order chi connectivity index (χ1) is 13.0. The van der Waals surface area contributed by atoms with Gasteiger partial charge in [0.05, 0.1) is 12.4 Å². The maximum atomic E-state index is 12.8. The van der Waals surface area contributed by atoms with E-state index in [-0.39, 0.29) is 5.91 Å². The number of hydrogen-bond acceptors (Lipinski definition) is 4. The lowest BCUT2D eigenvalue weighted by Gasteiger charge is -2.34. The van der Waals surface area contributed by atoms with E-state index in [4.69, 9.17) is 0 Å². The van der Waals surface area contributed by atoms with Crippen LogP contribution >= 0.6 is 0 Å². The monoisotopic (exact) mass is 366 g/mol. The number of likely N-dealkylation sites (tertiary alicyclic amines) is 1. The number of nitrogens with zero attached hydrogens (tertiary/aromatic N) is 3. The normalized spacial score (nSPS) is 17.2. The predicted octanol–water partition coefficient (Wildman–Crippen LogP) is 5.06. The summed E-state index contributed by atoms with van der Waals surface area (Å²) in [5, 5.41) is 3.39. The maximum Gasteiger partial charge on any atom is 0.274 e. The molecule has 5 nitrogen and oxygen atoms in total. The summed E-state index contributed by atoms with van der Waals surface area (Å²) in [7, 11) is 0. The summed E-state index contributed by atoms with van der Waals surface area (Å²) in [6, 6.07) is 6.62. The Hall–Kier alpha value is -2.43. The number of para-hydroxylation sites is 1. The Morgan fingerprint density at radius 3 is 2.74 bits per heavy atom. The van der Waals surface area contributed by atoms with Crippen LogP contribution in [0.1, 0.15) is 74.0 Å². The van der Waals surface area contributed by atoms with E-state index in [1.807, 2.05) is 4.90 Å². The Bertz CT molecular complexity index is 785. The van der Waals surface area contributed by atoms with Gasteiger partial charge in [0.2, 0.25) is 0 Å². The van der Waals surface area contributed by atoms with E-state index in [9.17, 15) is 4.79 Å². The Morgan fingerprint density at radius 1 is 1.26 bits per heavy atom. The van der Waals surface area contributed by atoms with Crippen molar-refractivity contribution in [1.82, 2.24) is 14.9 Å². The number of nitrogens with one attached hydrogen (secondary N) is 1. The van der Waals surface area contributed by atoms with Gasteiger partial charge in [0.25, 0.3) is 5.91 Å². The van der Waals surface area contributed by atoms with Gasteiger partial charge in [0, 0.05) is 18.3 Å². The molecule has 2 heterocycles. The number of aromatic nitrogens is 2. The third-order valence-corrected chi connectivity index (χ3v) is 5.41. The molecule has 0 saturated carbocycles. The quantitative estimate of drug-likeness (QED) is 0.804. The molecule has 1 fully saturated rings. The van der Waals surface area contributed by atoms with Gasteiger partial charge in [0.15, 0.2) is 0 Å². The highest BCUT2D eigenvalue weighted by atomic mass is 16.2. The van der Waals surface area contributed by atoms with Gasteiger partial charge in [0.1, 0.15) is 11.5 Å². The Morgan fingerprint density at radius 2 is 2.07 bits per heavy atom. The van der Waals surface area contributed by atoms with E-state index in [1.165, 1.54) is 17.5 Å². The lowest BCUT2D eigenvalue weighted by molar-refractivity contribution is 0.0601. The number of benzene rings is 1. The smallest absolute Gasteiger partial charge is 0.274 e. The first-order valence-corrected chi connectivity index (χ1v) is 10.0. The maximum absolute atomic E-state index is 12.8. The van der Waals surface area contributed by atoms with E-state index in [0.29, 0.717) is 23.5 Å². The second kappa shape index (κ2) is 8.51. The number of piperidine rings is 1. The van der Waals surface area contributed by atoms with Crippen LogP contribution in [-0.4, -0.2) is 33.4 Å². The molecule has 0 aliphatic carbocycles. The van der Waals surface area contributed by atoms with Crippen LogP contribution in [0, 0.1) is 6.92 Å². The molecule has 1 saturated heterocycles. The first-order valence-electron chi connectivity index (χ1n) is 10.0. The number of amides is 1. The summed E-state index contributed by atoms with van der Waals surface area (Å²) in [6.45, 7) is 9.40. The van der Waals surface area contributed by atoms with Gasteiger partial charge in [-0.25, -0.2) is 9.97 Å². The zero-order valence-electron chi connectivity index (χ0n) is 16.8. The molecule has 0 spiro atoms. The zero-order valence-corrected chi connectivity index (χ0v) is 16.8. The van der Waals surface area contributed by atoms with Gasteiger partial charge in [-0.3, -0.25) is 4.79 Å². The average molecular weight is 367 g/mol. The minimum absolute atomic E-state index is 0.000592. The van der Waals surface area contributed by atoms with Crippen LogP contribution in [0.2, 0.25) is 0 Å². The number of aryl methyl sites for hydroxylation is 1. The fraction of sp³-hybridized carbons (Fsp3) is 0.500. The van der Waals surface area contributed by atoms with Crippen LogP contribution in [0.4, 0.5) is 11.5 Å². The molecule has 1 aromatic heterocycles. The average Bonchev–Trinajstić information content (AvgIpc) is 2.69. The van der Waals surface area contributed by atoms with Crippen LogP contribution in [0.25, 0.3) is 0 Å². The molecule has 1 unspecified atom stereocenters. The van der Waals surface area contributed by atoms with Crippen LogP contribution < -0.4 is 5.32 Å². The summed E-state index contributed by atoms with van der Waals surface area (Å²) >= 11 is 0. The van der Waals surface area contributed by atoms with Gasteiger partial charge in [-0.05, 0) is 49.7 Å². The van der Waals surface area contributed by atoms with E-state index in [2.05, 4.69) is 61.2 Å². The van der Waals surface area contributed by atoms with E-state index in [0.717, 1.165) is 31.5 Å². The topological polar surface area (TPSA) is 58.1 Å². The molecule has 1 N–H and O–H groups in total. The number of rotatable bonds is 5. The summed E-state index contributed by atoms with van der Waals surface area (Å²) in [6.07, 6.45) is 7.60. The van der Waals surface area contributed by atoms with Crippen molar-refractivity contribution in [2.24, 2.45) is 0 Å². The van der Waals surface area contributed by atoms with Crippen molar-refractivity contribution in [3.8, 4) is 0 Å². The summed E-state index contributed by atoms with van der Waals surface area (Å²) in [4.78, 5) is 23.7. The highest BCUT2D eigenvalue weighted by molar-refractivity contribution is 5.92. The lowest BCUT2D eigenvalue weighted by Crippen LogP contribution is -2.43. The summed E-state index contributed by atoms with van der Waals surface area (Å²) in [5.41, 5.74) is 3.91. The van der Waals surface area contributed by atoms with Crippen molar-refractivity contribution in [2.75, 3.05) is 11.9 Å². The molecule has 3 rings (SSSR count). The number of carbonyl (C=O) groups excluding carboxylic acids is 1. The number of anilines is 2. The summed E-state index contributed by atoms with van der Waals surface area (Å²) < 4.78 is 0. The highest BCUT2D eigenvalue weighted by Gasteiger charge is 2.27. The molecule has 5 heteroatoms. The number of hydrogen-bond donors (Lipinski definition) is 1. The number of carbonyl (C=O) groups is 1. The zero-order chi connectivity index (χ0) is 19.4. The second-order valence-electron chi connectivity index (χ2n) is 7.66. The third kappa shape index (κ3) is 4.29. The van der Waals surface area contributed by atoms with Crippen LogP contribution in [0.5, 0.6) is 0 Å². The molecular formula is C22H30N4O. The molecule has 1 aromatic carbocycles. The van der Waals surface area contributed by atoms with Crippen LogP contribution in [0.3, 0.4) is 0 Å². The molecule has 0 bridgehead atoms. The van der Waals surface area contributed by atoms with Gasteiger partial charge < -0.3 is 10.2 Å². The lowest BCUT2D eigenvalue weighted by atomic mass is 9.98. The van der Waals surface area contributed by atoms with E-state index >= 15 is 0 Å². The van der Waals surface area contributed by atoms with Crippen LogP contribution in [0.15, 0.2) is 30.6 Å². The molecule has 0 radical (unpaired) electrons. The van der Waals surface area contributed by atoms with Crippen molar-refractivity contribution < 1.29 is 4.79 Å². The Balaban J connectivity index is 1.77.